The van der Waals surface area contributed by atoms with Gasteiger partial charge >= 0.3 is 0 Å². The molecule has 2 rings (SSSR count). The van der Waals surface area contributed by atoms with Crippen molar-refractivity contribution in [3.8, 4) is 0 Å². The second kappa shape index (κ2) is 4.19. The molecule has 0 spiro atoms. The molecule has 82 valence electrons. The zero-order valence-electron chi connectivity index (χ0n) is 9.45. The molecule has 0 amide bonds. The molecule has 0 radical (unpaired) electrons. The number of likely N-dealkylation sites (tertiary alicyclic amines) is 1. The summed E-state index contributed by atoms with van der Waals surface area (Å²) in [6.07, 6.45) is 5.85. The van der Waals surface area contributed by atoms with Crippen LogP contribution in [-0.2, 0) is 0 Å². The third-order valence-corrected chi connectivity index (χ3v) is 3.92. The molecule has 1 aliphatic heterocycles. The maximum Gasteiger partial charge on any atom is 0.0555 e. The summed E-state index contributed by atoms with van der Waals surface area (Å²) in [7, 11) is 0. The fourth-order valence-electron chi connectivity index (χ4n) is 3.28. The van der Waals surface area contributed by atoms with Gasteiger partial charge in [-0.1, -0.05) is 6.92 Å². The molecule has 0 bridgehead atoms. The van der Waals surface area contributed by atoms with Crippen LogP contribution in [0.15, 0.2) is 0 Å². The number of rotatable bonds is 1. The van der Waals surface area contributed by atoms with Crippen molar-refractivity contribution in [2.45, 2.75) is 64.1 Å². The molecule has 1 saturated carbocycles. The first kappa shape index (κ1) is 10.4. The monoisotopic (exact) mass is 197 g/mol. The van der Waals surface area contributed by atoms with Crippen molar-refractivity contribution in [2.75, 3.05) is 6.54 Å². The van der Waals surface area contributed by atoms with Crippen molar-refractivity contribution in [3.63, 3.8) is 0 Å². The average Bonchev–Trinajstić information content (AvgIpc) is 2.45. The fraction of sp³-hybridized carbons (Fsp3) is 1.00. The van der Waals surface area contributed by atoms with Gasteiger partial charge in [-0.25, -0.2) is 0 Å². The van der Waals surface area contributed by atoms with Crippen molar-refractivity contribution in [1.29, 1.82) is 0 Å². The molecule has 2 aliphatic rings. The first-order valence-electron chi connectivity index (χ1n) is 6.10. The van der Waals surface area contributed by atoms with Gasteiger partial charge in [0.05, 0.1) is 6.10 Å². The van der Waals surface area contributed by atoms with Crippen LogP contribution >= 0.6 is 0 Å². The molecule has 1 aliphatic carbocycles. The SMILES string of the molecule is CC1CC(C)N(C2CCCC(O)C2)C1. The minimum absolute atomic E-state index is 0.0307. The van der Waals surface area contributed by atoms with E-state index in [1.54, 1.807) is 0 Å². The van der Waals surface area contributed by atoms with Crippen LogP contribution in [0.4, 0.5) is 0 Å². The van der Waals surface area contributed by atoms with E-state index < -0.39 is 0 Å². The van der Waals surface area contributed by atoms with Crippen LogP contribution < -0.4 is 0 Å². The van der Waals surface area contributed by atoms with Gasteiger partial charge in [0.2, 0.25) is 0 Å². The second-order valence-corrected chi connectivity index (χ2v) is 5.36. The van der Waals surface area contributed by atoms with Crippen LogP contribution in [0.3, 0.4) is 0 Å². The lowest BCUT2D eigenvalue weighted by Gasteiger charge is -2.36. The maximum absolute atomic E-state index is 9.67. The Balaban J connectivity index is 1.93. The molecular weight excluding hydrogens is 174 g/mol. The lowest BCUT2D eigenvalue weighted by Crippen LogP contribution is -2.42. The van der Waals surface area contributed by atoms with Gasteiger partial charge in [-0.2, -0.15) is 0 Å². The van der Waals surface area contributed by atoms with E-state index >= 15 is 0 Å². The van der Waals surface area contributed by atoms with E-state index in [-0.39, 0.29) is 6.10 Å². The van der Waals surface area contributed by atoms with Gasteiger partial charge in [0.25, 0.3) is 0 Å². The number of nitrogens with zero attached hydrogens (tertiary/aromatic N) is 1. The summed E-state index contributed by atoms with van der Waals surface area (Å²) < 4.78 is 0. The van der Waals surface area contributed by atoms with Gasteiger partial charge in [-0.05, 0) is 44.9 Å². The van der Waals surface area contributed by atoms with E-state index in [0.29, 0.717) is 6.04 Å². The van der Waals surface area contributed by atoms with Crippen molar-refractivity contribution >= 4 is 0 Å². The van der Waals surface area contributed by atoms with Crippen LogP contribution in [0, 0.1) is 5.92 Å². The highest BCUT2D eigenvalue weighted by Gasteiger charge is 2.33. The van der Waals surface area contributed by atoms with E-state index in [1.807, 2.05) is 0 Å². The summed E-state index contributed by atoms with van der Waals surface area (Å²) >= 11 is 0. The highest BCUT2D eigenvalue weighted by atomic mass is 16.3. The molecule has 0 aromatic rings. The third-order valence-electron chi connectivity index (χ3n) is 3.92. The average molecular weight is 197 g/mol. The summed E-state index contributed by atoms with van der Waals surface area (Å²) in [4.78, 5) is 2.63. The van der Waals surface area contributed by atoms with Crippen LogP contribution in [0.25, 0.3) is 0 Å². The summed E-state index contributed by atoms with van der Waals surface area (Å²) in [6.45, 7) is 5.93. The standard InChI is InChI=1S/C12H23NO/c1-9-6-10(2)13(8-9)11-4-3-5-12(14)7-11/h9-12,14H,3-8H2,1-2H3. The van der Waals surface area contributed by atoms with Crippen molar-refractivity contribution in [1.82, 2.24) is 4.90 Å². The molecule has 1 N–H and O–H groups in total. The molecule has 14 heavy (non-hydrogen) atoms. The molecule has 1 saturated heterocycles. The number of aliphatic hydroxyl groups excluding tert-OH is 1. The molecule has 2 fully saturated rings. The largest absolute Gasteiger partial charge is 0.393 e. The molecule has 0 aromatic carbocycles. The van der Waals surface area contributed by atoms with Gasteiger partial charge < -0.3 is 5.11 Å². The Morgan fingerprint density at radius 3 is 2.50 bits per heavy atom. The topological polar surface area (TPSA) is 23.5 Å². The molecule has 2 heteroatoms. The zero-order valence-corrected chi connectivity index (χ0v) is 9.45. The Morgan fingerprint density at radius 1 is 1.14 bits per heavy atom. The number of hydrogen-bond acceptors (Lipinski definition) is 2. The highest BCUT2D eigenvalue weighted by Crippen LogP contribution is 2.31. The van der Waals surface area contributed by atoms with Crippen molar-refractivity contribution < 1.29 is 5.11 Å². The van der Waals surface area contributed by atoms with Gasteiger partial charge in [0.1, 0.15) is 0 Å². The Bertz CT molecular complexity index is 195. The van der Waals surface area contributed by atoms with Gasteiger partial charge in [0, 0.05) is 18.6 Å². The van der Waals surface area contributed by atoms with E-state index in [0.717, 1.165) is 24.8 Å². The summed E-state index contributed by atoms with van der Waals surface area (Å²) in [5.41, 5.74) is 0. The highest BCUT2D eigenvalue weighted by molar-refractivity contribution is 4.88. The van der Waals surface area contributed by atoms with Crippen LogP contribution in [-0.4, -0.2) is 34.7 Å². The normalized spacial score (nSPS) is 45.6. The van der Waals surface area contributed by atoms with Crippen LogP contribution in [0.2, 0.25) is 0 Å². The predicted octanol–water partition coefficient (Wildman–Crippen LogP) is 2.02. The zero-order chi connectivity index (χ0) is 10.1. The molecule has 2 nitrogen and oxygen atoms in total. The maximum atomic E-state index is 9.67. The second-order valence-electron chi connectivity index (χ2n) is 5.36. The Hall–Kier alpha value is -0.0800. The lowest BCUT2D eigenvalue weighted by atomic mass is 9.91. The minimum atomic E-state index is -0.0307. The molecule has 4 unspecified atom stereocenters. The van der Waals surface area contributed by atoms with E-state index in [4.69, 9.17) is 0 Å². The Morgan fingerprint density at radius 2 is 1.93 bits per heavy atom. The minimum Gasteiger partial charge on any atom is -0.393 e. The van der Waals surface area contributed by atoms with Crippen LogP contribution in [0.5, 0.6) is 0 Å². The quantitative estimate of drug-likeness (QED) is 0.695. The summed E-state index contributed by atoms with van der Waals surface area (Å²) in [5.74, 6) is 0.851. The first-order valence-corrected chi connectivity index (χ1v) is 6.10. The van der Waals surface area contributed by atoms with Crippen molar-refractivity contribution in [3.05, 3.63) is 0 Å². The Kier molecular flexibility index (Phi) is 3.13. The Labute approximate surface area is 87.3 Å². The van der Waals surface area contributed by atoms with Gasteiger partial charge in [-0.3, -0.25) is 4.90 Å². The summed E-state index contributed by atoms with van der Waals surface area (Å²) in [5, 5.41) is 9.67. The van der Waals surface area contributed by atoms with Crippen molar-refractivity contribution in [2.24, 2.45) is 5.92 Å². The first-order chi connectivity index (χ1) is 6.66. The summed E-state index contributed by atoms with van der Waals surface area (Å²) in [6, 6.07) is 1.40. The molecule has 0 aromatic heterocycles. The van der Waals surface area contributed by atoms with Crippen LogP contribution in [0.1, 0.15) is 46.0 Å². The molecular formula is C12H23NO. The van der Waals surface area contributed by atoms with E-state index in [2.05, 4.69) is 18.7 Å². The molecule has 4 atom stereocenters. The van der Waals surface area contributed by atoms with Gasteiger partial charge in [0.15, 0.2) is 0 Å². The van der Waals surface area contributed by atoms with E-state index in [9.17, 15) is 5.11 Å². The molecule has 1 heterocycles. The predicted molar refractivity (Wildman–Crippen MR) is 58.2 cm³/mol. The van der Waals surface area contributed by atoms with E-state index in [1.165, 1.54) is 25.8 Å². The van der Waals surface area contributed by atoms with Gasteiger partial charge in [-0.15, -0.1) is 0 Å². The number of hydrogen-bond donors (Lipinski definition) is 1. The fourth-order valence-corrected chi connectivity index (χ4v) is 3.28. The smallest absolute Gasteiger partial charge is 0.0555 e. The third kappa shape index (κ3) is 2.12. The lowest BCUT2D eigenvalue weighted by molar-refractivity contribution is 0.0580. The number of aliphatic hydroxyl groups is 1.